The van der Waals surface area contributed by atoms with Crippen LogP contribution >= 0.6 is 0 Å². The number of amides is 1. The van der Waals surface area contributed by atoms with Gasteiger partial charge in [0.2, 0.25) is 15.9 Å². The van der Waals surface area contributed by atoms with Crippen LogP contribution in [0, 0.1) is 11.8 Å². The van der Waals surface area contributed by atoms with Crippen molar-refractivity contribution in [3.8, 4) is 23.3 Å². The summed E-state index contributed by atoms with van der Waals surface area (Å²) in [7, 11) is -3.95. The van der Waals surface area contributed by atoms with E-state index in [0.29, 0.717) is 11.4 Å². The summed E-state index contributed by atoms with van der Waals surface area (Å²) >= 11 is 0. The van der Waals surface area contributed by atoms with Crippen molar-refractivity contribution in [1.82, 2.24) is 4.72 Å². The molecule has 0 heterocycles. The Morgan fingerprint density at radius 2 is 1.77 bits per heavy atom. The van der Waals surface area contributed by atoms with Crippen LogP contribution in [0.25, 0.3) is 0 Å². The monoisotopic (exact) mass is 442 g/mol. The first-order valence-electron chi connectivity index (χ1n) is 8.37. The molecule has 0 radical (unpaired) electrons. The highest BCUT2D eigenvalue weighted by Gasteiger charge is 2.31. The third-order valence-corrected chi connectivity index (χ3v) is 4.73. The van der Waals surface area contributed by atoms with Gasteiger partial charge in [-0.15, -0.1) is 13.2 Å². The quantitative estimate of drug-likeness (QED) is 0.644. The van der Waals surface area contributed by atoms with Crippen molar-refractivity contribution >= 4 is 21.6 Å². The zero-order valence-corrected chi connectivity index (χ0v) is 16.4. The minimum atomic E-state index is -4.86. The van der Waals surface area contributed by atoms with Crippen LogP contribution in [0.15, 0.2) is 53.4 Å². The maximum absolute atomic E-state index is 12.1. The maximum Gasteiger partial charge on any atom is 0.573 e. The Kier molecular flexibility index (Phi) is 7.68. The fraction of sp³-hybridized carbons (Fsp3) is 0.211. The molecule has 2 aromatic carbocycles. The number of nitrogens with one attached hydrogen (secondary N) is 2. The van der Waals surface area contributed by atoms with Gasteiger partial charge in [0.25, 0.3) is 0 Å². The number of hydrogen-bond acceptors (Lipinski definition) is 5. The first-order chi connectivity index (χ1) is 14.0. The van der Waals surface area contributed by atoms with E-state index in [1.54, 1.807) is 24.3 Å². The Balaban J connectivity index is 1.84. The molecule has 11 heteroatoms. The minimum absolute atomic E-state index is 0.0191. The average molecular weight is 442 g/mol. The van der Waals surface area contributed by atoms with E-state index >= 15 is 0 Å². The molecule has 2 N–H and O–H groups in total. The van der Waals surface area contributed by atoms with E-state index in [-0.39, 0.29) is 24.0 Å². The zero-order valence-electron chi connectivity index (χ0n) is 15.6. The molecule has 0 saturated heterocycles. The lowest BCUT2D eigenvalue weighted by molar-refractivity contribution is -0.274. The van der Waals surface area contributed by atoms with Crippen molar-refractivity contribution < 1.29 is 35.9 Å². The largest absolute Gasteiger partial charge is 0.573 e. The molecule has 0 aromatic heterocycles. The lowest BCUT2D eigenvalue weighted by Crippen LogP contribution is -2.24. The standard InChI is InChI=1S/C19H17F3N2O5S/c1-14(25)24-15-5-4-6-17(13-15)28-12-3-2-11-23-30(26,27)18-9-7-16(8-10-18)29-19(20,21)22/h4-10,13,23H,11-12H2,1H3,(H,24,25). The Hall–Kier alpha value is -3.23. The second-order valence-corrected chi connectivity index (χ2v) is 7.46. The number of hydrogen-bond donors (Lipinski definition) is 2. The van der Waals surface area contributed by atoms with Crippen LogP contribution in [0.1, 0.15) is 6.92 Å². The van der Waals surface area contributed by atoms with Gasteiger partial charge in [-0.3, -0.25) is 4.79 Å². The highest BCUT2D eigenvalue weighted by atomic mass is 32.2. The van der Waals surface area contributed by atoms with E-state index in [9.17, 15) is 26.4 Å². The van der Waals surface area contributed by atoms with Gasteiger partial charge in [-0.2, -0.15) is 4.72 Å². The van der Waals surface area contributed by atoms with Crippen LogP contribution in [-0.4, -0.2) is 33.8 Å². The van der Waals surface area contributed by atoms with Gasteiger partial charge in [0, 0.05) is 18.7 Å². The highest BCUT2D eigenvalue weighted by Crippen LogP contribution is 2.23. The summed E-state index contributed by atoms with van der Waals surface area (Å²) in [6.45, 7) is 1.14. The predicted molar refractivity (Wildman–Crippen MR) is 102 cm³/mol. The van der Waals surface area contributed by atoms with Crippen LogP contribution in [0.5, 0.6) is 11.5 Å². The van der Waals surface area contributed by atoms with E-state index in [0.717, 1.165) is 24.3 Å². The molecule has 1 amide bonds. The predicted octanol–water partition coefficient (Wildman–Crippen LogP) is 2.90. The molecular formula is C19H17F3N2O5S. The molecule has 30 heavy (non-hydrogen) atoms. The van der Waals surface area contributed by atoms with Crippen LogP contribution in [0.2, 0.25) is 0 Å². The summed E-state index contributed by atoms with van der Waals surface area (Å²) in [6.07, 6.45) is -4.86. The lowest BCUT2D eigenvalue weighted by atomic mass is 10.3. The number of anilines is 1. The number of sulfonamides is 1. The Morgan fingerprint density at radius 3 is 2.40 bits per heavy atom. The van der Waals surface area contributed by atoms with E-state index in [2.05, 4.69) is 26.6 Å². The van der Waals surface area contributed by atoms with Crippen LogP contribution in [0.4, 0.5) is 18.9 Å². The molecule has 0 aliphatic carbocycles. The molecule has 0 fully saturated rings. The number of benzene rings is 2. The summed E-state index contributed by atoms with van der Waals surface area (Å²) in [6, 6.07) is 10.4. The molecule has 7 nitrogen and oxygen atoms in total. The Morgan fingerprint density at radius 1 is 1.07 bits per heavy atom. The first-order valence-corrected chi connectivity index (χ1v) is 9.85. The Labute approximate surface area is 171 Å². The van der Waals surface area contributed by atoms with Crippen LogP contribution < -0.4 is 19.5 Å². The Bertz CT molecular complexity index is 1040. The van der Waals surface area contributed by atoms with Crippen molar-refractivity contribution in [3.05, 3.63) is 48.5 Å². The molecular weight excluding hydrogens is 425 g/mol. The minimum Gasteiger partial charge on any atom is -0.481 e. The first kappa shape index (κ1) is 23.1. The summed E-state index contributed by atoms with van der Waals surface area (Å²) in [5, 5.41) is 2.61. The van der Waals surface area contributed by atoms with Gasteiger partial charge in [-0.1, -0.05) is 17.9 Å². The number of alkyl halides is 3. The van der Waals surface area contributed by atoms with Crippen LogP contribution in [0.3, 0.4) is 0 Å². The number of halogens is 3. The fourth-order valence-electron chi connectivity index (χ4n) is 2.13. The molecule has 160 valence electrons. The van der Waals surface area contributed by atoms with Gasteiger partial charge in [0.15, 0.2) is 0 Å². The zero-order chi connectivity index (χ0) is 22.2. The number of carbonyl (C=O) groups is 1. The summed E-state index contributed by atoms with van der Waals surface area (Å²) in [5.41, 5.74) is 0.562. The fourth-order valence-corrected chi connectivity index (χ4v) is 3.06. The SMILES string of the molecule is CC(=O)Nc1cccc(OCC#CCNS(=O)(=O)c2ccc(OC(F)(F)F)cc2)c1. The topological polar surface area (TPSA) is 93.7 Å². The van der Waals surface area contributed by atoms with Crippen molar-refractivity contribution in [2.45, 2.75) is 18.2 Å². The van der Waals surface area contributed by atoms with Crippen molar-refractivity contribution in [1.29, 1.82) is 0 Å². The summed E-state index contributed by atoms with van der Waals surface area (Å²) < 4.78 is 71.9. The smallest absolute Gasteiger partial charge is 0.481 e. The highest BCUT2D eigenvalue weighted by molar-refractivity contribution is 7.89. The van der Waals surface area contributed by atoms with Gasteiger partial charge >= 0.3 is 6.36 Å². The van der Waals surface area contributed by atoms with Crippen molar-refractivity contribution in [2.24, 2.45) is 0 Å². The number of ether oxygens (including phenoxy) is 2. The van der Waals surface area contributed by atoms with E-state index in [1.165, 1.54) is 6.92 Å². The van der Waals surface area contributed by atoms with Crippen LogP contribution in [-0.2, 0) is 14.8 Å². The normalized spacial score (nSPS) is 11.2. The van der Waals surface area contributed by atoms with Crippen molar-refractivity contribution in [2.75, 3.05) is 18.5 Å². The summed E-state index contributed by atoms with van der Waals surface area (Å²) in [4.78, 5) is 10.8. The second-order valence-electron chi connectivity index (χ2n) is 5.70. The number of carbonyl (C=O) groups excluding carboxylic acids is 1. The van der Waals surface area contributed by atoms with E-state index < -0.39 is 22.1 Å². The molecule has 0 aliphatic heterocycles. The van der Waals surface area contributed by atoms with Crippen molar-refractivity contribution in [3.63, 3.8) is 0 Å². The maximum atomic E-state index is 12.1. The summed E-state index contributed by atoms with van der Waals surface area (Å²) in [5.74, 6) is 4.91. The van der Waals surface area contributed by atoms with E-state index in [4.69, 9.17) is 4.74 Å². The molecule has 0 atom stereocenters. The van der Waals surface area contributed by atoms with Gasteiger partial charge in [-0.05, 0) is 36.4 Å². The lowest BCUT2D eigenvalue weighted by Gasteiger charge is -2.09. The molecule has 2 rings (SSSR count). The van der Waals surface area contributed by atoms with Gasteiger partial charge in [0.05, 0.1) is 11.4 Å². The average Bonchev–Trinajstić information content (AvgIpc) is 2.63. The van der Waals surface area contributed by atoms with Gasteiger partial charge in [-0.25, -0.2) is 8.42 Å². The molecule has 0 spiro atoms. The van der Waals surface area contributed by atoms with E-state index in [1.807, 2.05) is 0 Å². The second kappa shape index (κ2) is 10.00. The molecule has 0 aliphatic rings. The molecule has 0 saturated carbocycles. The third kappa shape index (κ3) is 8.02. The van der Waals surface area contributed by atoms with Gasteiger partial charge < -0.3 is 14.8 Å². The number of rotatable bonds is 7. The molecule has 0 unspecified atom stereocenters. The third-order valence-electron chi connectivity index (χ3n) is 3.31. The molecule has 0 bridgehead atoms. The molecule has 2 aromatic rings. The van der Waals surface area contributed by atoms with Gasteiger partial charge in [0.1, 0.15) is 18.1 Å².